The minimum absolute atomic E-state index is 0.588. The second kappa shape index (κ2) is 8.09. The van der Waals surface area contributed by atoms with Crippen molar-refractivity contribution >= 4 is 5.71 Å². The maximum Gasteiger partial charge on any atom is 0.120 e. The van der Waals surface area contributed by atoms with Gasteiger partial charge in [0.25, 0.3) is 0 Å². The number of rotatable bonds is 6. The molecule has 0 aliphatic carbocycles. The van der Waals surface area contributed by atoms with E-state index in [2.05, 4.69) is 36.4 Å². The first-order valence-electron chi connectivity index (χ1n) is 9.28. The highest BCUT2D eigenvalue weighted by molar-refractivity contribution is 6.04. The monoisotopic (exact) mass is 357 g/mol. The van der Waals surface area contributed by atoms with Crippen molar-refractivity contribution in [3.05, 3.63) is 95.1 Å². The number of aliphatic imine (C=N–C) groups is 1. The molecule has 3 nitrogen and oxygen atoms in total. The lowest BCUT2D eigenvalue weighted by Crippen LogP contribution is -2.15. The Bertz CT molecular complexity index is 948. The largest absolute Gasteiger partial charge is 0.497 e. The molecule has 0 fully saturated rings. The van der Waals surface area contributed by atoms with E-state index in [1.807, 2.05) is 36.4 Å². The summed E-state index contributed by atoms with van der Waals surface area (Å²) in [6, 6.07) is 24.8. The minimum Gasteiger partial charge on any atom is -0.497 e. The summed E-state index contributed by atoms with van der Waals surface area (Å²) in [6.45, 7) is 1.42. The summed E-state index contributed by atoms with van der Waals surface area (Å²) in [4.78, 5) is 4.78. The number of benzene rings is 3. The molecule has 0 spiro atoms. The van der Waals surface area contributed by atoms with Crippen molar-refractivity contribution in [3.63, 3.8) is 0 Å². The van der Waals surface area contributed by atoms with Crippen molar-refractivity contribution in [2.45, 2.75) is 19.4 Å². The molecule has 0 radical (unpaired) electrons. The Morgan fingerprint density at radius 3 is 2.56 bits per heavy atom. The van der Waals surface area contributed by atoms with Gasteiger partial charge in [0.15, 0.2) is 0 Å². The molecule has 136 valence electrons. The molecular weight excluding hydrogens is 334 g/mol. The lowest BCUT2D eigenvalue weighted by Gasteiger charge is -2.18. The van der Waals surface area contributed by atoms with Gasteiger partial charge < -0.3 is 9.47 Å². The molecule has 0 aromatic heterocycles. The number of hydrogen-bond donors (Lipinski definition) is 0. The normalized spacial score (nSPS) is 12.9. The van der Waals surface area contributed by atoms with Gasteiger partial charge >= 0.3 is 0 Å². The fourth-order valence-electron chi connectivity index (χ4n) is 3.41. The Morgan fingerprint density at radius 2 is 1.70 bits per heavy atom. The third kappa shape index (κ3) is 4.20. The predicted molar refractivity (Wildman–Crippen MR) is 109 cm³/mol. The predicted octanol–water partition coefficient (Wildman–Crippen LogP) is 4.86. The zero-order valence-corrected chi connectivity index (χ0v) is 15.5. The van der Waals surface area contributed by atoms with Crippen molar-refractivity contribution in [2.75, 3.05) is 13.7 Å². The molecule has 1 aliphatic rings. The highest BCUT2D eigenvalue weighted by Gasteiger charge is 2.15. The van der Waals surface area contributed by atoms with E-state index in [9.17, 15) is 0 Å². The first-order valence-corrected chi connectivity index (χ1v) is 9.28. The molecule has 1 heterocycles. The first-order chi connectivity index (χ1) is 13.3. The fraction of sp³-hybridized carbons (Fsp3) is 0.208. The second-order valence-corrected chi connectivity index (χ2v) is 6.70. The maximum atomic E-state index is 5.99. The number of fused-ring (bicyclic) bond motifs is 1. The van der Waals surface area contributed by atoms with Gasteiger partial charge in [-0.15, -0.1) is 0 Å². The molecule has 0 amide bonds. The topological polar surface area (TPSA) is 30.8 Å². The SMILES string of the molecule is COc1cccc(CC2=NCCc3cc(OCc4ccccc4)ccc32)c1. The van der Waals surface area contributed by atoms with Crippen LogP contribution < -0.4 is 9.47 Å². The first kappa shape index (κ1) is 17.3. The molecule has 0 N–H and O–H groups in total. The summed E-state index contributed by atoms with van der Waals surface area (Å²) >= 11 is 0. The number of nitrogens with zero attached hydrogens (tertiary/aromatic N) is 1. The molecule has 0 bridgehead atoms. The Hall–Kier alpha value is -3.07. The summed E-state index contributed by atoms with van der Waals surface area (Å²) in [7, 11) is 1.70. The molecular formula is C24H23NO2. The van der Waals surface area contributed by atoms with E-state index in [0.717, 1.165) is 36.6 Å². The van der Waals surface area contributed by atoms with Crippen molar-refractivity contribution in [3.8, 4) is 11.5 Å². The van der Waals surface area contributed by atoms with E-state index in [0.29, 0.717) is 6.61 Å². The van der Waals surface area contributed by atoms with Crippen molar-refractivity contribution in [2.24, 2.45) is 4.99 Å². The van der Waals surface area contributed by atoms with E-state index in [1.165, 1.54) is 22.3 Å². The number of hydrogen-bond acceptors (Lipinski definition) is 3. The minimum atomic E-state index is 0.588. The Labute approximate surface area is 160 Å². The van der Waals surface area contributed by atoms with Gasteiger partial charge in [0.05, 0.1) is 7.11 Å². The molecule has 4 rings (SSSR count). The van der Waals surface area contributed by atoms with Gasteiger partial charge in [0, 0.05) is 18.7 Å². The van der Waals surface area contributed by atoms with Crippen LogP contribution in [-0.4, -0.2) is 19.4 Å². The molecule has 0 unspecified atom stereocenters. The average Bonchev–Trinajstić information content (AvgIpc) is 2.73. The number of methoxy groups -OCH3 is 1. The van der Waals surface area contributed by atoms with Crippen LogP contribution >= 0.6 is 0 Å². The Morgan fingerprint density at radius 1 is 0.852 bits per heavy atom. The lowest BCUT2D eigenvalue weighted by atomic mass is 9.93. The van der Waals surface area contributed by atoms with E-state index in [-0.39, 0.29) is 0 Å². The standard InChI is InChI=1S/C24H23NO2/c1-26-21-9-5-8-19(14-21)15-24-23-11-10-22(16-20(23)12-13-25-24)27-17-18-6-3-2-4-7-18/h2-11,14,16H,12-13,15,17H2,1H3. The van der Waals surface area contributed by atoms with E-state index in [4.69, 9.17) is 14.5 Å². The Kier molecular flexibility index (Phi) is 5.20. The van der Waals surface area contributed by atoms with Crippen molar-refractivity contribution < 1.29 is 9.47 Å². The number of ether oxygens (including phenoxy) is 2. The molecule has 0 saturated heterocycles. The van der Waals surface area contributed by atoms with E-state index in [1.54, 1.807) is 7.11 Å². The summed E-state index contributed by atoms with van der Waals surface area (Å²) in [5, 5.41) is 0. The van der Waals surface area contributed by atoms with Gasteiger partial charge in [-0.2, -0.15) is 0 Å². The fourth-order valence-corrected chi connectivity index (χ4v) is 3.41. The summed E-state index contributed by atoms with van der Waals surface area (Å²) in [6.07, 6.45) is 1.77. The average molecular weight is 357 g/mol. The van der Waals surface area contributed by atoms with Crippen LogP contribution in [0.5, 0.6) is 11.5 Å². The smallest absolute Gasteiger partial charge is 0.120 e. The van der Waals surface area contributed by atoms with Crippen LogP contribution in [0, 0.1) is 0 Å². The molecule has 3 heteroatoms. The van der Waals surface area contributed by atoms with Crippen LogP contribution in [0.4, 0.5) is 0 Å². The molecule has 0 atom stereocenters. The zero-order chi connectivity index (χ0) is 18.5. The summed E-state index contributed by atoms with van der Waals surface area (Å²) in [5.74, 6) is 1.80. The van der Waals surface area contributed by atoms with Gasteiger partial charge in [-0.1, -0.05) is 42.5 Å². The molecule has 0 saturated carbocycles. The van der Waals surface area contributed by atoms with Crippen LogP contribution in [0.2, 0.25) is 0 Å². The van der Waals surface area contributed by atoms with Gasteiger partial charge in [-0.05, 0) is 59.0 Å². The Balaban J connectivity index is 1.49. The molecule has 1 aliphatic heterocycles. The quantitative estimate of drug-likeness (QED) is 0.631. The third-order valence-corrected chi connectivity index (χ3v) is 4.83. The summed E-state index contributed by atoms with van der Waals surface area (Å²) in [5.41, 5.74) is 6.07. The second-order valence-electron chi connectivity index (χ2n) is 6.70. The lowest BCUT2D eigenvalue weighted by molar-refractivity contribution is 0.306. The molecule has 27 heavy (non-hydrogen) atoms. The maximum absolute atomic E-state index is 5.99. The van der Waals surface area contributed by atoms with Crippen LogP contribution in [-0.2, 0) is 19.4 Å². The highest BCUT2D eigenvalue weighted by Crippen LogP contribution is 2.25. The van der Waals surface area contributed by atoms with Crippen LogP contribution in [0.15, 0.2) is 77.8 Å². The van der Waals surface area contributed by atoms with Gasteiger partial charge in [-0.3, -0.25) is 4.99 Å². The molecule has 3 aromatic rings. The van der Waals surface area contributed by atoms with Crippen molar-refractivity contribution in [1.82, 2.24) is 0 Å². The summed E-state index contributed by atoms with van der Waals surface area (Å²) < 4.78 is 11.3. The van der Waals surface area contributed by atoms with E-state index >= 15 is 0 Å². The van der Waals surface area contributed by atoms with Gasteiger partial charge in [-0.25, -0.2) is 0 Å². The highest BCUT2D eigenvalue weighted by atomic mass is 16.5. The zero-order valence-electron chi connectivity index (χ0n) is 15.5. The van der Waals surface area contributed by atoms with Gasteiger partial charge in [0.1, 0.15) is 18.1 Å². The third-order valence-electron chi connectivity index (χ3n) is 4.83. The van der Waals surface area contributed by atoms with Crippen LogP contribution in [0.3, 0.4) is 0 Å². The van der Waals surface area contributed by atoms with Crippen molar-refractivity contribution in [1.29, 1.82) is 0 Å². The van der Waals surface area contributed by atoms with Crippen LogP contribution in [0.1, 0.15) is 22.3 Å². The van der Waals surface area contributed by atoms with Gasteiger partial charge in [0.2, 0.25) is 0 Å². The molecule has 3 aromatic carbocycles. The van der Waals surface area contributed by atoms with Crippen LogP contribution in [0.25, 0.3) is 0 Å². The van der Waals surface area contributed by atoms with E-state index < -0.39 is 0 Å².